The molecule has 2 aromatic carbocycles. The average Bonchev–Trinajstić information content (AvgIpc) is 2.62. The van der Waals surface area contributed by atoms with Crippen molar-refractivity contribution >= 4 is 22.6 Å². The van der Waals surface area contributed by atoms with Crippen LogP contribution in [0.5, 0.6) is 5.75 Å². The highest BCUT2D eigenvalue weighted by Crippen LogP contribution is 2.35. The highest BCUT2D eigenvalue weighted by atomic mass is 35.5. The van der Waals surface area contributed by atoms with E-state index in [9.17, 15) is 4.79 Å². The Balaban J connectivity index is 1.58. The lowest BCUT2D eigenvalue weighted by atomic mass is 10.0. The minimum atomic E-state index is -0.321. The summed E-state index contributed by atoms with van der Waals surface area (Å²) in [6, 6.07) is 11.6. The topological polar surface area (TPSA) is 42.7 Å². The Kier molecular flexibility index (Phi) is 4.47. The number of hydrogen-bond donors (Lipinski definition) is 0. The molecule has 1 aliphatic rings. The van der Waals surface area contributed by atoms with E-state index >= 15 is 0 Å². The van der Waals surface area contributed by atoms with Gasteiger partial charge in [-0.3, -0.25) is 4.90 Å². The van der Waals surface area contributed by atoms with E-state index in [2.05, 4.69) is 23.1 Å². The molecule has 4 nitrogen and oxygen atoms in total. The molecule has 0 saturated heterocycles. The Bertz CT molecular complexity index is 1020. The van der Waals surface area contributed by atoms with E-state index in [1.165, 1.54) is 11.6 Å². The fourth-order valence-corrected chi connectivity index (χ4v) is 3.63. The number of ether oxygens (including phenoxy) is 1. The van der Waals surface area contributed by atoms with Crippen LogP contribution in [0.4, 0.5) is 0 Å². The van der Waals surface area contributed by atoms with E-state index in [4.69, 9.17) is 20.8 Å². The number of nitrogens with zero attached hydrogens (tertiary/aromatic N) is 1. The number of hydrogen-bond acceptors (Lipinski definition) is 4. The quantitative estimate of drug-likeness (QED) is 0.639. The number of fused-ring (bicyclic) bond motifs is 2. The summed E-state index contributed by atoms with van der Waals surface area (Å²) in [5.74, 6) is 0.842. The molecule has 0 bridgehead atoms. The van der Waals surface area contributed by atoms with Gasteiger partial charge < -0.3 is 9.15 Å². The maximum absolute atomic E-state index is 11.7. The molecule has 134 valence electrons. The summed E-state index contributed by atoms with van der Waals surface area (Å²) in [5, 5.41) is 1.73. The first-order valence-corrected chi connectivity index (χ1v) is 9.05. The Morgan fingerprint density at radius 1 is 1.15 bits per heavy atom. The van der Waals surface area contributed by atoms with Crippen molar-refractivity contribution < 1.29 is 9.15 Å². The monoisotopic (exact) mass is 369 g/mol. The van der Waals surface area contributed by atoms with Crippen molar-refractivity contribution in [2.45, 2.75) is 26.8 Å². The van der Waals surface area contributed by atoms with Crippen molar-refractivity contribution in [3.05, 3.63) is 74.1 Å². The normalized spacial score (nSPS) is 14.3. The summed E-state index contributed by atoms with van der Waals surface area (Å²) in [7, 11) is 0. The molecule has 0 spiro atoms. The van der Waals surface area contributed by atoms with Gasteiger partial charge in [-0.25, -0.2) is 4.79 Å². The fraction of sp³-hybridized carbons (Fsp3) is 0.286. The lowest BCUT2D eigenvalue weighted by Gasteiger charge is -2.30. The van der Waals surface area contributed by atoms with Crippen molar-refractivity contribution in [1.29, 1.82) is 0 Å². The maximum Gasteiger partial charge on any atom is 0.336 e. The predicted octanol–water partition coefficient (Wildman–Crippen LogP) is 4.46. The van der Waals surface area contributed by atoms with Crippen LogP contribution in [0.3, 0.4) is 0 Å². The molecule has 1 aromatic heterocycles. The van der Waals surface area contributed by atoms with E-state index in [0.29, 0.717) is 12.3 Å². The van der Waals surface area contributed by atoms with Gasteiger partial charge in [-0.15, -0.1) is 0 Å². The molecule has 5 heteroatoms. The molecule has 0 unspecified atom stereocenters. The number of benzene rings is 2. The Morgan fingerprint density at radius 3 is 2.69 bits per heavy atom. The zero-order chi connectivity index (χ0) is 18.3. The van der Waals surface area contributed by atoms with Gasteiger partial charge in [0.25, 0.3) is 0 Å². The van der Waals surface area contributed by atoms with Crippen LogP contribution in [-0.4, -0.2) is 18.2 Å². The molecule has 1 aliphatic heterocycles. The van der Waals surface area contributed by atoms with Crippen LogP contribution in [0.25, 0.3) is 11.0 Å². The maximum atomic E-state index is 11.7. The molecule has 2 heterocycles. The Labute approximate surface area is 156 Å². The van der Waals surface area contributed by atoms with Gasteiger partial charge in [-0.05, 0) is 49.6 Å². The van der Waals surface area contributed by atoms with Crippen molar-refractivity contribution in [2.75, 3.05) is 13.3 Å². The SMILES string of the molecule is Cc1cc(=O)oc2c(C)c3c(cc12)CN(CCc1ccc(Cl)cc1)CO3. The molecule has 26 heavy (non-hydrogen) atoms. The summed E-state index contributed by atoms with van der Waals surface area (Å²) in [6.07, 6.45) is 0.941. The van der Waals surface area contributed by atoms with Crippen LogP contribution in [-0.2, 0) is 13.0 Å². The second-order valence-electron chi connectivity index (χ2n) is 6.82. The molecule has 0 saturated carbocycles. The highest BCUT2D eigenvalue weighted by Gasteiger charge is 2.22. The first-order chi connectivity index (χ1) is 12.5. The van der Waals surface area contributed by atoms with E-state index in [1.807, 2.05) is 26.0 Å². The third-order valence-corrected chi connectivity index (χ3v) is 5.17. The molecule has 0 radical (unpaired) electrons. The minimum Gasteiger partial charge on any atom is -0.477 e. The largest absolute Gasteiger partial charge is 0.477 e. The molecule has 4 rings (SSSR count). The first kappa shape index (κ1) is 17.1. The van der Waals surface area contributed by atoms with Crippen LogP contribution in [0.1, 0.15) is 22.3 Å². The molecular weight excluding hydrogens is 350 g/mol. The van der Waals surface area contributed by atoms with Gasteiger partial charge in [0.2, 0.25) is 0 Å². The Hall–Kier alpha value is -2.30. The summed E-state index contributed by atoms with van der Waals surface area (Å²) >= 11 is 5.94. The number of halogens is 1. The number of aryl methyl sites for hydroxylation is 2. The summed E-state index contributed by atoms with van der Waals surface area (Å²) < 4.78 is 11.4. The second-order valence-corrected chi connectivity index (χ2v) is 7.25. The van der Waals surface area contributed by atoms with Crippen molar-refractivity contribution in [3.8, 4) is 5.75 Å². The van der Waals surface area contributed by atoms with Crippen LogP contribution in [0.15, 0.2) is 45.6 Å². The standard InChI is InChI=1S/C21H20ClNO3/c1-13-9-19(24)26-21-14(2)20-16(10-18(13)21)11-23(12-25-20)8-7-15-3-5-17(22)6-4-15/h3-6,9-10H,7-8,11-12H2,1-2H3. The third-order valence-electron chi connectivity index (χ3n) is 4.91. The van der Waals surface area contributed by atoms with Gasteiger partial charge in [-0.1, -0.05) is 23.7 Å². The molecular formula is C21H20ClNO3. The molecule has 0 amide bonds. The van der Waals surface area contributed by atoms with Crippen LogP contribution in [0.2, 0.25) is 5.02 Å². The molecule has 0 N–H and O–H groups in total. The van der Waals surface area contributed by atoms with E-state index in [0.717, 1.165) is 52.4 Å². The van der Waals surface area contributed by atoms with Gasteiger partial charge in [0.05, 0.1) is 0 Å². The summed E-state index contributed by atoms with van der Waals surface area (Å²) in [6.45, 7) is 6.14. The van der Waals surface area contributed by atoms with Gasteiger partial charge in [0, 0.05) is 40.7 Å². The number of rotatable bonds is 3. The van der Waals surface area contributed by atoms with Gasteiger partial charge >= 0.3 is 5.63 Å². The summed E-state index contributed by atoms with van der Waals surface area (Å²) in [5.41, 5.74) is 4.53. The fourth-order valence-electron chi connectivity index (χ4n) is 3.50. The van der Waals surface area contributed by atoms with Crippen molar-refractivity contribution in [2.24, 2.45) is 0 Å². The average molecular weight is 370 g/mol. The van der Waals surface area contributed by atoms with Crippen LogP contribution < -0.4 is 10.4 Å². The lowest BCUT2D eigenvalue weighted by molar-refractivity contribution is 0.0959. The lowest BCUT2D eigenvalue weighted by Crippen LogP contribution is -2.34. The summed E-state index contributed by atoms with van der Waals surface area (Å²) in [4.78, 5) is 14.0. The molecule has 3 aromatic rings. The van der Waals surface area contributed by atoms with E-state index < -0.39 is 0 Å². The smallest absolute Gasteiger partial charge is 0.336 e. The van der Waals surface area contributed by atoms with Gasteiger partial charge in [0.15, 0.2) is 0 Å². The highest BCUT2D eigenvalue weighted by molar-refractivity contribution is 6.30. The minimum absolute atomic E-state index is 0.321. The molecule has 0 atom stereocenters. The first-order valence-electron chi connectivity index (χ1n) is 8.68. The van der Waals surface area contributed by atoms with Crippen molar-refractivity contribution in [1.82, 2.24) is 4.90 Å². The van der Waals surface area contributed by atoms with Crippen LogP contribution >= 0.6 is 11.6 Å². The van der Waals surface area contributed by atoms with Gasteiger partial charge in [-0.2, -0.15) is 0 Å². The van der Waals surface area contributed by atoms with E-state index in [-0.39, 0.29) is 5.63 Å². The van der Waals surface area contributed by atoms with Gasteiger partial charge in [0.1, 0.15) is 18.1 Å². The van der Waals surface area contributed by atoms with Crippen LogP contribution in [0, 0.1) is 13.8 Å². The molecule has 0 aliphatic carbocycles. The zero-order valence-corrected chi connectivity index (χ0v) is 15.6. The Morgan fingerprint density at radius 2 is 1.92 bits per heavy atom. The molecule has 0 fully saturated rings. The van der Waals surface area contributed by atoms with Crippen molar-refractivity contribution in [3.63, 3.8) is 0 Å². The zero-order valence-electron chi connectivity index (χ0n) is 14.8. The third kappa shape index (κ3) is 3.22. The van der Waals surface area contributed by atoms with E-state index in [1.54, 1.807) is 0 Å². The second kappa shape index (κ2) is 6.78. The predicted molar refractivity (Wildman–Crippen MR) is 103 cm³/mol.